The van der Waals surface area contributed by atoms with Gasteiger partial charge >= 0.3 is 0 Å². The summed E-state index contributed by atoms with van der Waals surface area (Å²) in [4.78, 5) is 11.2. The zero-order valence-electron chi connectivity index (χ0n) is 11.6. The molecule has 4 nitrogen and oxygen atoms in total. The number of sulfonamides is 1. The molecule has 0 aliphatic rings. The highest BCUT2D eigenvalue weighted by atomic mass is 79.9. The second kappa shape index (κ2) is 7.81. The zero-order chi connectivity index (χ0) is 18.1. The predicted molar refractivity (Wildman–Crippen MR) is 101 cm³/mol. The fourth-order valence-corrected chi connectivity index (χ4v) is 4.71. The molecular formula is C14H8BrCl4NO3S. The van der Waals surface area contributed by atoms with E-state index in [1.165, 1.54) is 30.3 Å². The molecule has 128 valence electrons. The molecule has 2 rings (SSSR count). The smallest absolute Gasteiger partial charge is 0.264 e. The van der Waals surface area contributed by atoms with Gasteiger partial charge in [0.15, 0.2) is 0 Å². The highest BCUT2D eigenvalue weighted by molar-refractivity contribution is 9.10. The Morgan fingerprint density at radius 1 is 1.00 bits per heavy atom. The van der Waals surface area contributed by atoms with Crippen LogP contribution in [0.25, 0.3) is 0 Å². The third-order valence-electron chi connectivity index (χ3n) is 2.93. The monoisotopic (exact) mass is 489 g/mol. The lowest BCUT2D eigenvalue weighted by atomic mass is 10.3. The van der Waals surface area contributed by atoms with Gasteiger partial charge in [-0.05, 0) is 48.0 Å². The van der Waals surface area contributed by atoms with Crippen LogP contribution in [0.1, 0.15) is 0 Å². The summed E-state index contributed by atoms with van der Waals surface area (Å²) >= 11 is 26.5. The van der Waals surface area contributed by atoms with Crippen LogP contribution in [0.5, 0.6) is 0 Å². The first-order valence-corrected chi connectivity index (χ1v) is 9.98. The molecule has 0 heterocycles. The van der Waals surface area contributed by atoms with E-state index in [1.807, 2.05) is 0 Å². The Bertz CT molecular complexity index is 905. The van der Waals surface area contributed by atoms with Crippen molar-refractivity contribution in [1.29, 1.82) is 0 Å². The van der Waals surface area contributed by atoms with Crippen LogP contribution in [0, 0.1) is 0 Å². The van der Waals surface area contributed by atoms with E-state index in [2.05, 4.69) is 15.9 Å². The second-order valence-electron chi connectivity index (χ2n) is 4.54. The number of hydrogen-bond acceptors (Lipinski definition) is 3. The molecule has 0 spiro atoms. The van der Waals surface area contributed by atoms with E-state index >= 15 is 0 Å². The van der Waals surface area contributed by atoms with Gasteiger partial charge in [0, 0.05) is 4.47 Å². The number of anilines is 1. The molecule has 0 amide bonds. The average Bonchev–Trinajstić information content (AvgIpc) is 2.48. The Hall–Kier alpha value is -0.500. The van der Waals surface area contributed by atoms with Crippen LogP contribution in [0.2, 0.25) is 15.1 Å². The Labute approximate surface area is 167 Å². The van der Waals surface area contributed by atoms with E-state index in [0.717, 1.165) is 4.31 Å². The van der Waals surface area contributed by atoms with Crippen molar-refractivity contribution in [3.8, 4) is 0 Å². The Morgan fingerprint density at radius 3 is 2.21 bits per heavy atom. The molecule has 0 aliphatic heterocycles. The summed E-state index contributed by atoms with van der Waals surface area (Å²) in [5.74, 6) is 0. The quantitative estimate of drug-likeness (QED) is 0.528. The lowest BCUT2D eigenvalue weighted by Gasteiger charge is -2.24. The molecule has 0 saturated heterocycles. The van der Waals surface area contributed by atoms with Crippen molar-refractivity contribution in [2.45, 2.75) is 4.90 Å². The largest absolute Gasteiger partial charge is 0.279 e. The summed E-state index contributed by atoms with van der Waals surface area (Å²) in [5, 5.41) is -0.461. The fourth-order valence-electron chi connectivity index (χ4n) is 1.86. The third kappa shape index (κ3) is 4.36. The second-order valence-corrected chi connectivity index (χ2v) is 8.96. The van der Waals surface area contributed by atoms with Crippen molar-refractivity contribution in [2.75, 3.05) is 10.8 Å². The molecule has 0 unspecified atom stereocenters. The van der Waals surface area contributed by atoms with Gasteiger partial charge < -0.3 is 0 Å². The molecule has 0 fully saturated rings. The number of rotatable bonds is 5. The standard InChI is InChI=1S/C14H8BrCl4NO3S/c15-8-1-4-13(12(18)5-8)20(7-14(19)21)24(22,23)9-2-3-10(16)11(17)6-9/h1-6H,7H2. The minimum atomic E-state index is -4.14. The van der Waals surface area contributed by atoms with E-state index in [0.29, 0.717) is 4.47 Å². The number of nitrogens with zero attached hydrogens (tertiary/aromatic N) is 1. The lowest BCUT2D eigenvalue weighted by molar-refractivity contribution is -0.110. The molecule has 0 N–H and O–H groups in total. The molecule has 10 heteroatoms. The first-order valence-electron chi connectivity index (χ1n) is 6.24. The zero-order valence-corrected chi connectivity index (χ0v) is 17.1. The van der Waals surface area contributed by atoms with Crippen molar-refractivity contribution in [3.05, 3.63) is 55.9 Å². The lowest BCUT2D eigenvalue weighted by Crippen LogP contribution is -2.34. The van der Waals surface area contributed by atoms with Crippen LogP contribution in [0.15, 0.2) is 45.8 Å². The maximum Gasteiger partial charge on any atom is 0.264 e. The number of carbonyl (C=O) groups excluding carboxylic acids is 1. The highest BCUT2D eigenvalue weighted by Gasteiger charge is 2.28. The van der Waals surface area contributed by atoms with Crippen LogP contribution >= 0.6 is 62.3 Å². The highest BCUT2D eigenvalue weighted by Crippen LogP contribution is 2.34. The first kappa shape index (κ1) is 19.8. The van der Waals surface area contributed by atoms with Gasteiger partial charge in [-0.3, -0.25) is 9.10 Å². The van der Waals surface area contributed by atoms with E-state index < -0.39 is 21.8 Å². The molecule has 0 aromatic heterocycles. The van der Waals surface area contributed by atoms with Gasteiger partial charge in [0.05, 0.1) is 25.7 Å². The Balaban J connectivity index is 2.61. The van der Waals surface area contributed by atoms with E-state index in [4.69, 9.17) is 46.4 Å². The molecule has 0 bridgehead atoms. The molecule has 24 heavy (non-hydrogen) atoms. The van der Waals surface area contributed by atoms with E-state index in [1.54, 1.807) is 6.07 Å². The molecular weight excluding hydrogens is 484 g/mol. The first-order chi connectivity index (χ1) is 11.1. The summed E-state index contributed by atoms with van der Waals surface area (Å²) in [6, 6.07) is 8.38. The average molecular weight is 492 g/mol. The van der Waals surface area contributed by atoms with Crippen molar-refractivity contribution >= 4 is 83.3 Å². The minimum absolute atomic E-state index is 0.0665. The van der Waals surface area contributed by atoms with Gasteiger partial charge in [-0.1, -0.05) is 50.7 Å². The molecule has 0 radical (unpaired) electrons. The molecule has 0 saturated carbocycles. The van der Waals surface area contributed by atoms with Crippen molar-refractivity contribution in [1.82, 2.24) is 0 Å². The number of hydrogen-bond donors (Lipinski definition) is 0. The van der Waals surface area contributed by atoms with Gasteiger partial charge in [-0.2, -0.15) is 0 Å². The Morgan fingerprint density at radius 2 is 1.67 bits per heavy atom. The van der Waals surface area contributed by atoms with Crippen LogP contribution in [0.4, 0.5) is 5.69 Å². The summed E-state index contributed by atoms with van der Waals surface area (Å²) in [6.07, 6.45) is 0. The SMILES string of the molecule is O=C(Cl)CN(c1ccc(Br)cc1Cl)S(=O)(=O)c1ccc(Cl)c(Cl)c1. The summed E-state index contributed by atoms with van der Waals surface area (Å²) in [5.41, 5.74) is 0.111. The van der Waals surface area contributed by atoms with Gasteiger partial charge in [0.2, 0.25) is 5.24 Å². The number of benzene rings is 2. The van der Waals surface area contributed by atoms with Crippen LogP contribution in [-0.2, 0) is 14.8 Å². The normalized spacial score (nSPS) is 11.4. The summed E-state index contributed by atoms with van der Waals surface area (Å²) < 4.78 is 27.3. The Kier molecular flexibility index (Phi) is 6.45. The van der Waals surface area contributed by atoms with Crippen LogP contribution in [-0.4, -0.2) is 20.2 Å². The van der Waals surface area contributed by atoms with Crippen molar-refractivity contribution in [3.63, 3.8) is 0 Å². The summed E-state index contributed by atoms with van der Waals surface area (Å²) in [7, 11) is -4.14. The number of halogens is 5. The molecule has 2 aromatic rings. The van der Waals surface area contributed by atoms with Crippen LogP contribution < -0.4 is 4.31 Å². The molecule has 0 atom stereocenters. The topological polar surface area (TPSA) is 54.5 Å². The fraction of sp³-hybridized carbons (Fsp3) is 0.0714. The number of carbonyl (C=O) groups is 1. The maximum atomic E-state index is 12.9. The summed E-state index contributed by atoms with van der Waals surface area (Å²) in [6.45, 7) is -0.592. The predicted octanol–water partition coefficient (Wildman–Crippen LogP) is 5.37. The molecule has 2 aromatic carbocycles. The van der Waals surface area contributed by atoms with E-state index in [-0.39, 0.29) is 25.7 Å². The minimum Gasteiger partial charge on any atom is -0.279 e. The van der Waals surface area contributed by atoms with Crippen LogP contribution in [0.3, 0.4) is 0 Å². The van der Waals surface area contributed by atoms with Gasteiger partial charge in [0.25, 0.3) is 10.0 Å². The molecule has 0 aliphatic carbocycles. The van der Waals surface area contributed by atoms with Gasteiger partial charge in [-0.15, -0.1) is 0 Å². The van der Waals surface area contributed by atoms with Crippen molar-refractivity contribution < 1.29 is 13.2 Å². The van der Waals surface area contributed by atoms with E-state index in [9.17, 15) is 13.2 Å². The van der Waals surface area contributed by atoms with Crippen molar-refractivity contribution in [2.24, 2.45) is 0 Å². The maximum absolute atomic E-state index is 12.9. The third-order valence-corrected chi connectivity index (χ3v) is 6.34. The van der Waals surface area contributed by atoms with Gasteiger partial charge in [0.1, 0.15) is 6.54 Å². The van der Waals surface area contributed by atoms with Gasteiger partial charge in [-0.25, -0.2) is 8.42 Å².